The van der Waals surface area contributed by atoms with E-state index in [2.05, 4.69) is 10.2 Å². The first-order valence-electron chi connectivity index (χ1n) is 7.55. The average molecular weight is 372 g/mol. The van der Waals surface area contributed by atoms with Crippen LogP contribution < -0.4 is 4.90 Å². The second-order valence-electron chi connectivity index (χ2n) is 5.14. The maximum absolute atomic E-state index is 12.7. The largest absolute Gasteiger partial charge is 0.298 e. The van der Waals surface area contributed by atoms with E-state index >= 15 is 0 Å². The molecule has 0 unspecified atom stereocenters. The predicted molar refractivity (Wildman–Crippen MR) is 99.6 cm³/mol. The number of amides is 1. The lowest BCUT2D eigenvalue weighted by Gasteiger charge is -2.17. The molecule has 1 heterocycles. The van der Waals surface area contributed by atoms with Gasteiger partial charge in [0.15, 0.2) is 0 Å². The Hall–Kier alpha value is -2.57. The van der Waals surface area contributed by atoms with Gasteiger partial charge in [-0.2, -0.15) is 0 Å². The number of anilines is 1. The zero-order valence-corrected chi connectivity index (χ0v) is 14.7. The van der Waals surface area contributed by atoms with Gasteiger partial charge in [0.25, 0.3) is 5.91 Å². The third-order valence-electron chi connectivity index (χ3n) is 3.51. The summed E-state index contributed by atoms with van der Waals surface area (Å²) in [4.78, 5) is 25.0. The summed E-state index contributed by atoms with van der Waals surface area (Å²) in [5.74, 6) is 0.127. The Morgan fingerprint density at radius 2 is 1.80 bits per heavy atom. The number of rotatable bonds is 6. The van der Waals surface area contributed by atoms with Gasteiger partial charge in [-0.25, -0.2) is 0 Å². The molecule has 0 aliphatic rings. The Morgan fingerprint density at radius 3 is 2.44 bits per heavy atom. The van der Waals surface area contributed by atoms with Crippen molar-refractivity contribution >= 4 is 40.3 Å². The fraction of sp³-hybridized carbons (Fsp3) is 0.111. The van der Waals surface area contributed by atoms with Crippen LogP contribution in [0.3, 0.4) is 0 Å². The number of carbonyl (C=O) groups is 2. The normalized spacial score (nSPS) is 10.4. The molecule has 1 aromatic heterocycles. The van der Waals surface area contributed by atoms with Crippen LogP contribution >= 0.6 is 22.9 Å². The summed E-state index contributed by atoms with van der Waals surface area (Å²) in [6, 6.07) is 16.0. The van der Waals surface area contributed by atoms with Gasteiger partial charge < -0.3 is 0 Å². The van der Waals surface area contributed by atoms with Crippen LogP contribution in [0.5, 0.6) is 0 Å². The summed E-state index contributed by atoms with van der Waals surface area (Å²) >= 11 is 7.17. The lowest BCUT2D eigenvalue weighted by Crippen LogP contribution is -2.32. The number of benzene rings is 2. The number of aldehydes is 1. The van der Waals surface area contributed by atoms with E-state index in [-0.39, 0.29) is 5.91 Å². The van der Waals surface area contributed by atoms with Gasteiger partial charge >= 0.3 is 0 Å². The Bertz CT molecular complexity index is 866. The van der Waals surface area contributed by atoms with E-state index in [0.29, 0.717) is 33.7 Å². The summed E-state index contributed by atoms with van der Waals surface area (Å²) in [5.41, 5.74) is 2.00. The second-order valence-corrected chi connectivity index (χ2v) is 6.48. The van der Waals surface area contributed by atoms with Gasteiger partial charge in [0.1, 0.15) is 11.3 Å². The minimum atomic E-state index is -0.166. The monoisotopic (exact) mass is 371 g/mol. The predicted octanol–water partition coefficient (Wildman–Crippen LogP) is 3.90. The Labute approximate surface area is 153 Å². The molecule has 0 fully saturated rings. The summed E-state index contributed by atoms with van der Waals surface area (Å²) in [7, 11) is 0. The van der Waals surface area contributed by atoms with Crippen molar-refractivity contribution in [3.63, 3.8) is 0 Å². The van der Waals surface area contributed by atoms with Crippen LogP contribution in [-0.2, 0) is 0 Å². The Morgan fingerprint density at radius 1 is 1.08 bits per heavy atom. The van der Waals surface area contributed by atoms with Gasteiger partial charge in [-0.05, 0) is 12.1 Å². The smallest absolute Gasteiger partial charge is 0.260 e. The minimum Gasteiger partial charge on any atom is -0.298 e. The lowest BCUT2D eigenvalue weighted by molar-refractivity contribution is 0.0988. The fourth-order valence-electron chi connectivity index (χ4n) is 2.25. The molecule has 0 aliphatic heterocycles. The van der Waals surface area contributed by atoms with Crippen LogP contribution in [0.15, 0.2) is 54.6 Å². The van der Waals surface area contributed by atoms with Gasteiger partial charge in [0.2, 0.25) is 5.13 Å². The zero-order valence-electron chi connectivity index (χ0n) is 13.1. The molecule has 0 aliphatic carbocycles. The standard InChI is InChI=1S/C18H14ClN3O2S/c19-10-11-22(17(24)15-4-2-1-3-5-15)18-21-20-16(25-18)14-8-6-13(12-23)7-9-14/h1-9,12H,10-11H2. The molecule has 0 saturated heterocycles. The van der Waals surface area contributed by atoms with Crippen molar-refractivity contribution in [1.29, 1.82) is 0 Å². The molecule has 0 atom stereocenters. The molecule has 126 valence electrons. The van der Waals surface area contributed by atoms with Gasteiger partial charge in [-0.3, -0.25) is 14.5 Å². The molecule has 2 aromatic carbocycles. The van der Waals surface area contributed by atoms with E-state index in [0.717, 1.165) is 11.8 Å². The van der Waals surface area contributed by atoms with Crippen LogP contribution in [0.4, 0.5) is 5.13 Å². The van der Waals surface area contributed by atoms with Gasteiger partial charge in [-0.15, -0.1) is 21.8 Å². The van der Waals surface area contributed by atoms with E-state index in [4.69, 9.17) is 11.6 Å². The quantitative estimate of drug-likeness (QED) is 0.487. The molecule has 0 radical (unpaired) electrons. The van der Waals surface area contributed by atoms with Crippen LogP contribution in [0.25, 0.3) is 10.6 Å². The summed E-state index contributed by atoms with van der Waals surface area (Å²) in [6.45, 7) is 0.341. The van der Waals surface area contributed by atoms with E-state index in [1.54, 1.807) is 36.4 Å². The van der Waals surface area contributed by atoms with E-state index < -0.39 is 0 Å². The molecule has 0 bridgehead atoms. The molecule has 5 nitrogen and oxygen atoms in total. The van der Waals surface area contributed by atoms with Crippen molar-refractivity contribution < 1.29 is 9.59 Å². The van der Waals surface area contributed by atoms with Crippen molar-refractivity contribution in [3.8, 4) is 10.6 Å². The highest BCUT2D eigenvalue weighted by atomic mass is 35.5. The molecule has 1 amide bonds. The SMILES string of the molecule is O=Cc1ccc(-c2nnc(N(CCCl)C(=O)c3ccccc3)s2)cc1. The van der Waals surface area contributed by atoms with E-state index in [1.807, 2.05) is 18.2 Å². The highest BCUT2D eigenvalue weighted by Gasteiger charge is 2.21. The summed E-state index contributed by atoms with van der Waals surface area (Å²) in [6.07, 6.45) is 0.788. The third-order valence-corrected chi connectivity index (χ3v) is 4.68. The number of alkyl halides is 1. The topological polar surface area (TPSA) is 63.2 Å². The molecule has 0 saturated carbocycles. The number of halogens is 1. The van der Waals surface area contributed by atoms with Crippen molar-refractivity contribution in [1.82, 2.24) is 10.2 Å². The zero-order chi connectivity index (χ0) is 17.6. The maximum Gasteiger partial charge on any atom is 0.260 e. The molecular formula is C18H14ClN3O2S. The highest BCUT2D eigenvalue weighted by molar-refractivity contribution is 7.18. The molecule has 0 N–H and O–H groups in total. The van der Waals surface area contributed by atoms with Crippen LogP contribution in [0, 0.1) is 0 Å². The Balaban J connectivity index is 1.88. The molecule has 3 aromatic rings. The summed E-state index contributed by atoms with van der Waals surface area (Å²) < 4.78 is 0. The van der Waals surface area contributed by atoms with E-state index in [9.17, 15) is 9.59 Å². The van der Waals surface area contributed by atoms with Gasteiger partial charge in [0.05, 0.1) is 0 Å². The molecule has 25 heavy (non-hydrogen) atoms. The van der Waals surface area contributed by atoms with Gasteiger partial charge in [0, 0.05) is 29.1 Å². The van der Waals surface area contributed by atoms with Crippen molar-refractivity contribution in [2.75, 3.05) is 17.3 Å². The number of aromatic nitrogens is 2. The van der Waals surface area contributed by atoms with Crippen molar-refractivity contribution in [2.45, 2.75) is 0 Å². The first-order chi connectivity index (χ1) is 12.2. The average Bonchev–Trinajstić information content (AvgIpc) is 3.16. The van der Waals surface area contributed by atoms with Crippen LogP contribution in [0.1, 0.15) is 20.7 Å². The maximum atomic E-state index is 12.7. The van der Waals surface area contributed by atoms with E-state index in [1.165, 1.54) is 16.2 Å². The number of hydrogen-bond acceptors (Lipinski definition) is 5. The first kappa shape index (κ1) is 17.3. The van der Waals surface area contributed by atoms with Crippen molar-refractivity contribution in [2.24, 2.45) is 0 Å². The molecule has 3 rings (SSSR count). The molecule has 7 heteroatoms. The number of nitrogens with zero attached hydrogens (tertiary/aromatic N) is 3. The lowest BCUT2D eigenvalue weighted by atomic mass is 10.2. The van der Waals surface area contributed by atoms with Gasteiger partial charge in [-0.1, -0.05) is 53.8 Å². The summed E-state index contributed by atoms with van der Waals surface area (Å²) in [5, 5.41) is 9.47. The first-order valence-corrected chi connectivity index (χ1v) is 8.90. The number of carbonyl (C=O) groups excluding carboxylic acids is 2. The number of hydrogen-bond donors (Lipinski definition) is 0. The molecule has 0 spiro atoms. The van der Waals surface area contributed by atoms with Crippen LogP contribution in [0.2, 0.25) is 0 Å². The third kappa shape index (κ3) is 3.92. The Kier molecular flexibility index (Phi) is 5.53. The fourth-order valence-corrected chi connectivity index (χ4v) is 3.29. The van der Waals surface area contributed by atoms with Crippen LogP contribution in [-0.4, -0.2) is 34.8 Å². The second kappa shape index (κ2) is 8.00. The molecular weight excluding hydrogens is 358 g/mol. The highest BCUT2D eigenvalue weighted by Crippen LogP contribution is 2.29. The minimum absolute atomic E-state index is 0.166. The van der Waals surface area contributed by atoms with Crippen molar-refractivity contribution in [3.05, 3.63) is 65.7 Å².